The van der Waals surface area contributed by atoms with E-state index in [4.69, 9.17) is 5.11 Å². The van der Waals surface area contributed by atoms with Gasteiger partial charge in [0, 0.05) is 37.8 Å². The van der Waals surface area contributed by atoms with Crippen molar-refractivity contribution in [3.63, 3.8) is 0 Å². The molecule has 2 aliphatic heterocycles. The van der Waals surface area contributed by atoms with Crippen molar-refractivity contribution in [3.8, 4) is 0 Å². The largest absolute Gasteiger partial charge is 0.478 e. The summed E-state index contributed by atoms with van der Waals surface area (Å²) < 4.78 is 0. The van der Waals surface area contributed by atoms with Crippen LogP contribution >= 0.6 is 0 Å². The zero-order chi connectivity index (χ0) is 12.3. The number of carboxylic acid groups (broad SMARTS) is 1. The number of piperazine rings is 1. The van der Waals surface area contributed by atoms with Crippen LogP contribution in [0.25, 0.3) is 0 Å². The van der Waals surface area contributed by atoms with Gasteiger partial charge in [-0.3, -0.25) is 9.80 Å². The number of hydrogen-bond donors (Lipinski definition) is 1. The normalized spacial score (nSPS) is 27.1. The van der Waals surface area contributed by atoms with Crippen LogP contribution in [0.1, 0.15) is 26.2 Å². The van der Waals surface area contributed by atoms with E-state index in [1.807, 2.05) is 13.0 Å². The molecule has 4 nitrogen and oxygen atoms in total. The van der Waals surface area contributed by atoms with Crippen LogP contribution in [0.2, 0.25) is 0 Å². The Morgan fingerprint density at radius 3 is 2.94 bits per heavy atom. The first-order valence-electron chi connectivity index (χ1n) is 6.59. The van der Waals surface area contributed by atoms with Crippen LogP contribution < -0.4 is 0 Å². The van der Waals surface area contributed by atoms with Crippen molar-refractivity contribution < 1.29 is 9.90 Å². The van der Waals surface area contributed by atoms with Crippen molar-refractivity contribution in [1.82, 2.24) is 9.80 Å². The van der Waals surface area contributed by atoms with Gasteiger partial charge in [0.2, 0.25) is 0 Å². The quantitative estimate of drug-likeness (QED) is 0.747. The first kappa shape index (κ1) is 12.6. The number of aliphatic carboxylic acids is 1. The lowest BCUT2D eigenvalue weighted by molar-refractivity contribution is -0.132. The molecular weight excluding hydrogens is 216 g/mol. The number of fused-ring (bicyclic) bond motifs is 1. The maximum Gasteiger partial charge on any atom is 0.331 e. The molecule has 2 saturated heterocycles. The molecule has 96 valence electrons. The molecule has 0 bridgehead atoms. The lowest BCUT2D eigenvalue weighted by Gasteiger charge is -2.37. The summed E-state index contributed by atoms with van der Waals surface area (Å²) in [6.45, 7) is 7.27. The van der Waals surface area contributed by atoms with E-state index in [1.54, 1.807) is 0 Å². The molecule has 2 fully saturated rings. The average molecular weight is 238 g/mol. The molecule has 4 heteroatoms. The third kappa shape index (κ3) is 3.07. The summed E-state index contributed by atoms with van der Waals surface area (Å²) in [4.78, 5) is 15.8. The van der Waals surface area contributed by atoms with Gasteiger partial charge in [-0.05, 0) is 25.8 Å². The van der Waals surface area contributed by atoms with Crippen molar-refractivity contribution in [2.24, 2.45) is 0 Å². The van der Waals surface area contributed by atoms with Crippen LogP contribution in [-0.2, 0) is 4.79 Å². The fourth-order valence-electron chi connectivity index (χ4n) is 2.84. The summed E-state index contributed by atoms with van der Waals surface area (Å²) in [6, 6.07) is 0.715. The Bertz CT molecular complexity index is 315. The molecule has 1 unspecified atom stereocenters. The minimum Gasteiger partial charge on any atom is -0.478 e. The third-order valence-electron chi connectivity index (χ3n) is 3.92. The molecule has 1 atom stereocenters. The van der Waals surface area contributed by atoms with Gasteiger partial charge in [-0.25, -0.2) is 4.79 Å². The molecule has 2 heterocycles. The van der Waals surface area contributed by atoms with Gasteiger partial charge in [-0.1, -0.05) is 13.0 Å². The van der Waals surface area contributed by atoms with E-state index in [9.17, 15) is 4.79 Å². The van der Waals surface area contributed by atoms with Crippen LogP contribution in [-0.4, -0.2) is 59.6 Å². The van der Waals surface area contributed by atoms with E-state index < -0.39 is 5.97 Å². The van der Waals surface area contributed by atoms with Gasteiger partial charge < -0.3 is 5.11 Å². The first-order chi connectivity index (χ1) is 8.20. The second-order valence-electron chi connectivity index (χ2n) is 4.98. The van der Waals surface area contributed by atoms with Gasteiger partial charge in [0.1, 0.15) is 0 Å². The summed E-state index contributed by atoms with van der Waals surface area (Å²) in [5.74, 6) is -0.771. The third-order valence-corrected chi connectivity index (χ3v) is 3.92. The van der Waals surface area contributed by atoms with Crippen LogP contribution in [0.4, 0.5) is 0 Å². The summed E-state index contributed by atoms with van der Waals surface area (Å²) >= 11 is 0. The van der Waals surface area contributed by atoms with Crippen molar-refractivity contribution in [2.75, 3.05) is 32.7 Å². The molecule has 0 aromatic heterocycles. The van der Waals surface area contributed by atoms with Crippen molar-refractivity contribution >= 4 is 5.97 Å². The minimum atomic E-state index is -0.771. The molecule has 2 rings (SSSR count). The highest BCUT2D eigenvalue weighted by Gasteiger charge is 2.29. The molecule has 2 aliphatic rings. The lowest BCUT2D eigenvalue weighted by Crippen LogP contribution is -2.50. The molecule has 0 aromatic rings. The van der Waals surface area contributed by atoms with E-state index in [0.717, 1.165) is 26.2 Å². The summed E-state index contributed by atoms with van der Waals surface area (Å²) in [6.07, 6.45) is 5.12. The Kier molecular flexibility index (Phi) is 4.18. The molecule has 0 amide bonds. The molecule has 17 heavy (non-hydrogen) atoms. The standard InChI is InChI=1S/C13H22N2O2/c1-2-11(13(16)17)5-7-14-8-9-15-6-3-4-12(15)10-14/h5,12H,2-4,6-10H2,1H3,(H,16,17). The zero-order valence-electron chi connectivity index (χ0n) is 10.6. The van der Waals surface area contributed by atoms with Gasteiger partial charge in [0.25, 0.3) is 0 Å². The number of rotatable bonds is 4. The van der Waals surface area contributed by atoms with Gasteiger partial charge >= 0.3 is 5.97 Å². The van der Waals surface area contributed by atoms with E-state index in [1.165, 1.54) is 19.4 Å². The summed E-state index contributed by atoms with van der Waals surface area (Å²) in [5, 5.41) is 8.96. The van der Waals surface area contributed by atoms with Gasteiger partial charge in [0.05, 0.1) is 0 Å². The SMILES string of the molecule is CCC(=CCN1CCN2CCCC2C1)C(=O)O. The number of hydrogen-bond acceptors (Lipinski definition) is 3. The van der Waals surface area contributed by atoms with Crippen molar-refractivity contribution in [2.45, 2.75) is 32.2 Å². The van der Waals surface area contributed by atoms with Gasteiger partial charge in [0.15, 0.2) is 0 Å². The Morgan fingerprint density at radius 1 is 1.41 bits per heavy atom. The highest BCUT2D eigenvalue weighted by Crippen LogP contribution is 2.21. The van der Waals surface area contributed by atoms with E-state index >= 15 is 0 Å². The number of nitrogens with zero attached hydrogens (tertiary/aromatic N) is 2. The maximum absolute atomic E-state index is 10.9. The molecule has 0 radical (unpaired) electrons. The smallest absolute Gasteiger partial charge is 0.331 e. The molecule has 0 aromatic carbocycles. The molecule has 1 N–H and O–H groups in total. The summed E-state index contributed by atoms with van der Waals surface area (Å²) in [7, 11) is 0. The molecule has 0 spiro atoms. The van der Waals surface area contributed by atoms with Crippen LogP contribution in [0.15, 0.2) is 11.6 Å². The second-order valence-corrected chi connectivity index (χ2v) is 4.98. The van der Waals surface area contributed by atoms with E-state index in [0.29, 0.717) is 18.0 Å². The highest BCUT2D eigenvalue weighted by molar-refractivity contribution is 5.86. The first-order valence-corrected chi connectivity index (χ1v) is 6.59. The predicted molar refractivity (Wildman–Crippen MR) is 67.0 cm³/mol. The van der Waals surface area contributed by atoms with Gasteiger partial charge in [-0.2, -0.15) is 0 Å². The lowest BCUT2D eigenvalue weighted by atomic mass is 10.1. The van der Waals surface area contributed by atoms with E-state index in [-0.39, 0.29) is 0 Å². The topological polar surface area (TPSA) is 43.8 Å². The van der Waals surface area contributed by atoms with Crippen molar-refractivity contribution in [3.05, 3.63) is 11.6 Å². The average Bonchev–Trinajstić information content (AvgIpc) is 2.76. The van der Waals surface area contributed by atoms with E-state index in [2.05, 4.69) is 9.80 Å². The molecular formula is C13H22N2O2. The maximum atomic E-state index is 10.9. The molecule has 0 saturated carbocycles. The Hall–Kier alpha value is -0.870. The van der Waals surface area contributed by atoms with Crippen molar-refractivity contribution in [1.29, 1.82) is 0 Å². The minimum absolute atomic E-state index is 0.541. The second kappa shape index (κ2) is 5.65. The van der Waals surface area contributed by atoms with Crippen LogP contribution in [0.5, 0.6) is 0 Å². The Balaban J connectivity index is 1.85. The predicted octanol–water partition coefficient (Wildman–Crippen LogP) is 1.19. The van der Waals surface area contributed by atoms with Gasteiger partial charge in [-0.15, -0.1) is 0 Å². The van der Waals surface area contributed by atoms with Crippen LogP contribution in [0.3, 0.4) is 0 Å². The number of carbonyl (C=O) groups is 1. The fourth-order valence-corrected chi connectivity index (χ4v) is 2.84. The molecule has 0 aliphatic carbocycles. The number of carboxylic acids is 1. The Labute approximate surface area is 103 Å². The monoisotopic (exact) mass is 238 g/mol. The van der Waals surface area contributed by atoms with Crippen LogP contribution in [0, 0.1) is 0 Å². The fraction of sp³-hybridized carbons (Fsp3) is 0.769. The summed E-state index contributed by atoms with van der Waals surface area (Å²) in [5.41, 5.74) is 0.541. The Morgan fingerprint density at radius 2 is 2.24 bits per heavy atom. The highest BCUT2D eigenvalue weighted by atomic mass is 16.4. The zero-order valence-corrected chi connectivity index (χ0v) is 10.6.